The third kappa shape index (κ3) is 5.84. The average Bonchev–Trinajstić information content (AvgIpc) is 2.55. The van der Waals surface area contributed by atoms with E-state index in [4.69, 9.17) is 0 Å². The van der Waals surface area contributed by atoms with E-state index in [0.29, 0.717) is 38.8 Å². The molecule has 0 bridgehead atoms. The highest BCUT2D eigenvalue weighted by molar-refractivity contribution is 5.85. The van der Waals surface area contributed by atoms with Crippen molar-refractivity contribution < 1.29 is 9.59 Å². The number of amides is 3. The van der Waals surface area contributed by atoms with Crippen LogP contribution in [-0.4, -0.2) is 67.6 Å². The Hall–Kier alpha value is -1.01. The van der Waals surface area contributed by atoms with E-state index in [1.165, 1.54) is 19.3 Å². The van der Waals surface area contributed by atoms with Gasteiger partial charge in [0.2, 0.25) is 5.91 Å². The smallest absolute Gasteiger partial charge is 0.317 e. The molecule has 2 aliphatic rings. The molecule has 7 heteroatoms. The number of hydrogen-bond donors (Lipinski definition) is 2. The first-order valence-electron chi connectivity index (χ1n) is 8.60. The predicted octanol–water partition coefficient (Wildman–Crippen LogP) is 1.45. The van der Waals surface area contributed by atoms with Gasteiger partial charge in [0.1, 0.15) is 0 Å². The maximum Gasteiger partial charge on any atom is 0.317 e. The van der Waals surface area contributed by atoms with Crippen molar-refractivity contribution >= 4 is 24.3 Å². The topological polar surface area (TPSA) is 64.7 Å². The third-order valence-electron chi connectivity index (χ3n) is 4.74. The van der Waals surface area contributed by atoms with Gasteiger partial charge in [-0.05, 0) is 19.9 Å². The quantitative estimate of drug-likeness (QED) is 0.809. The molecule has 2 rings (SSSR count). The largest absolute Gasteiger partial charge is 0.339 e. The molecule has 6 nitrogen and oxygen atoms in total. The standard InChI is InChI=1S/C16H30N4O2.ClH/c1-13(12-17-2)15(21)19-8-10-20(11-9-19)16(22)18-14-6-4-3-5-7-14;/h13-14,17H,3-12H2,1-2H3,(H,18,22);1H. The zero-order chi connectivity index (χ0) is 15.9. The molecule has 23 heavy (non-hydrogen) atoms. The van der Waals surface area contributed by atoms with Crippen LogP contribution in [0.5, 0.6) is 0 Å². The Kier molecular flexibility index (Phi) is 8.69. The highest BCUT2D eigenvalue weighted by Gasteiger charge is 2.27. The maximum absolute atomic E-state index is 12.3. The van der Waals surface area contributed by atoms with E-state index in [0.717, 1.165) is 12.8 Å². The Labute approximate surface area is 145 Å². The van der Waals surface area contributed by atoms with Crippen LogP contribution in [0.2, 0.25) is 0 Å². The highest BCUT2D eigenvalue weighted by atomic mass is 35.5. The van der Waals surface area contributed by atoms with E-state index in [2.05, 4.69) is 10.6 Å². The molecule has 134 valence electrons. The van der Waals surface area contributed by atoms with E-state index < -0.39 is 0 Å². The van der Waals surface area contributed by atoms with Crippen LogP contribution in [0.4, 0.5) is 4.79 Å². The number of piperazine rings is 1. The van der Waals surface area contributed by atoms with Crippen LogP contribution in [0.1, 0.15) is 39.0 Å². The summed E-state index contributed by atoms with van der Waals surface area (Å²) in [5.74, 6) is 0.175. The van der Waals surface area contributed by atoms with Crippen LogP contribution in [-0.2, 0) is 4.79 Å². The van der Waals surface area contributed by atoms with Crippen LogP contribution < -0.4 is 10.6 Å². The second kappa shape index (κ2) is 9.98. The monoisotopic (exact) mass is 346 g/mol. The summed E-state index contributed by atoms with van der Waals surface area (Å²) in [6, 6.07) is 0.388. The van der Waals surface area contributed by atoms with Gasteiger partial charge in [0.15, 0.2) is 0 Å². The Morgan fingerprint density at radius 3 is 2.17 bits per heavy atom. The summed E-state index contributed by atoms with van der Waals surface area (Å²) < 4.78 is 0. The lowest BCUT2D eigenvalue weighted by Crippen LogP contribution is -2.55. The van der Waals surface area contributed by atoms with Crippen molar-refractivity contribution in [1.82, 2.24) is 20.4 Å². The fraction of sp³-hybridized carbons (Fsp3) is 0.875. The van der Waals surface area contributed by atoms with Gasteiger partial charge in [0.25, 0.3) is 0 Å². The normalized spacial score (nSPS) is 20.6. The number of halogens is 1. The molecule has 1 saturated heterocycles. The molecule has 1 aliphatic carbocycles. The number of nitrogens with zero attached hydrogens (tertiary/aromatic N) is 2. The zero-order valence-corrected chi connectivity index (χ0v) is 15.2. The minimum Gasteiger partial charge on any atom is -0.339 e. The van der Waals surface area contributed by atoms with Crippen LogP contribution in [0.15, 0.2) is 0 Å². The van der Waals surface area contributed by atoms with E-state index in [1.54, 1.807) is 0 Å². The van der Waals surface area contributed by atoms with Gasteiger partial charge in [-0.2, -0.15) is 0 Å². The van der Waals surface area contributed by atoms with Gasteiger partial charge in [0, 0.05) is 44.7 Å². The van der Waals surface area contributed by atoms with Gasteiger partial charge < -0.3 is 20.4 Å². The number of carbonyl (C=O) groups is 2. The molecule has 0 aromatic carbocycles. The number of carbonyl (C=O) groups excluding carboxylic acids is 2. The first kappa shape index (κ1) is 20.0. The van der Waals surface area contributed by atoms with E-state index in [9.17, 15) is 9.59 Å². The van der Waals surface area contributed by atoms with Crippen molar-refractivity contribution in [2.75, 3.05) is 39.8 Å². The summed E-state index contributed by atoms with van der Waals surface area (Å²) in [4.78, 5) is 28.3. The molecule has 1 aliphatic heterocycles. The molecule has 3 amide bonds. The van der Waals surface area contributed by atoms with E-state index in [-0.39, 0.29) is 30.3 Å². The predicted molar refractivity (Wildman–Crippen MR) is 93.9 cm³/mol. The molecule has 1 heterocycles. The summed E-state index contributed by atoms with van der Waals surface area (Å²) in [5.41, 5.74) is 0. The number of nitrogens with one attached hydrogen (secondary N) is 2. The van der Waals surface area contributed by atoms with Gasteiger partial charge in [-0.1, -0.05) is 26.2 Å². The van der Waals surface area contributed by atoms with Gasteiger partial charge in [-0.15, -0.1) is 12.4 Å². The minimum absolute atomic E-state index is 0. The summed E-state index contributed by atoms with van der Waals surface area (Å²) >= 11 is 0. The van der Waals surface area contributed by atoms with Crippen LogP contribution >= 0.6 is 12.4 Å². The van der Waals surface area contributed by atoms with Gasteiger partial charge >= 0.3 is 6.03 Å². The first-order valence-corrected chi connectivity index (χ1v) is 8.60. The lowest BCUT2D eigenvalue weighted by molar-refractivity contribution is -0.136. The number of rotatable bonds is 4. The average molecular weight is 347 g/mol. The Balaban J connectivity index is 0.00000264. The minimum atomic E-state index is -0.00684. The maximum atomic E-state index is 12.3. The molecule has 0 aromatic rings. The van der Waals surface area contributed by atoms with Crippen LogP contribution in [0, 0.1) is 5.92 Å². The molecule has 1 atom stereocenters. The second-order valence-corrected chi connectivity index (χ2v) is 6.56. The molecule has 0 radical (unpaired) electrons. The van der Waals surface area contributed by atoms with Crippen molar-refractivity contribution in [1.29, 1.82) is 0 Å². The lowest BCUT2D eigenvalue weighted by Gasteiger charge is -2.37. The number of urea groups is 1. The summed E-state index contributed by atoms with van der Waals surface area (Å²) in [5, 5.41) is 6.19. The second-order valence-electron chi connectivity index (χ2n) is 6.56. The Morgan fingerprint density at radius 1 is 1.04 bits per heavy atom. The molecule has 2 N–H and O–H groups in total. The summed E-state index contributed by atoms with van der Waals surface area (Å²) in [6.07, 6.45) is 5.93. The van der Waals surface area contributed by atoms with Gasteiger partial charge in [-0.3, -0.25) is 4.79 Å². The van der Waals surface area contributed by atoms with Crippen molar-refractivity contribution in [2.45, 2.75) is 45.1 Å². The summed E-state index contributed by atoms with van der Waals surface area (Å²) in [6.45, 7) is 5.20. The molecule has 0 spiro atoms. The lowest BCUT2D eigenvalue weighted by atomic mass is 9.96. The van der Waals surface area contributed by atoms with Crippen molar-refractivity contribution in [3.05, 3.63) is 0 Å². The third-order valence-corrected chi connectivity index (χ3v) is 4.74. The van der Waals surface area contributed by atoms with Crippen molar-refractivity contribution in [3.8, 4) is 0 Å². The molecule has 1 saturated carbocycles. The zero-order valence-electron chi connectivity index (χ0n) is 14.3. The van der Waals surface area contributed by atoms with Gasteiger partial charge in [0.05, 0.1) is 0 Å². The SMILES string of the molecule is CNCC(C)C(=O)N1CCN(C(=O)NC2CCCCC2)CC1.Cl. The molecule has 0 aromatic heterocycles. The molecule has 2 fully saturated rings. The highest BCUT2D eigenvalue weighted by Crippen LogP contribution is 2.18. The van der Waals surface area contributed by atoms with Crippen LogP contribution in [0.3, 0.4) is 0 Å². The number of hydrogen-bond acceptors (Lipinski definition) is 3. The van der Waals surface area contributed by atoms with Gasteiger partial charge in [-0.25, -0.2) is 4.79 Å². The summed E-state index contributed by atoms with van der Waals surface area (Å²) in [7, 11) is 1.86. The molecular formula is C16H31ClN4O2. The first-order chi connectivity index (χ1) is 10.6. The van der Waals surface area contributed by atoms with Crippen molar-refractivity contribution in [3.63, 3.8) is 0 Å². The Bertz CT molecular complexity index is 380. The molecular weight excluding hydrogens is 316 g/mol. The van der Waals surface area contributed by atoms with E-state index >= 15 is 0 Å². The fourth-order valence-electron chi connectivity index (χ4n) is 3.35. The van der Waals surface area contributed by atoms with E-state index in [1.807, 2.05) is 23.8 Å². The molecule has 1 unspecified atom stereocenters. The van der Waals surface area contributed by atoms with Crippen LogP contribution in [0.25, 0.3) is 0 Å². The Morgan fingerprint density at radius 2 is 1.61 bits per heavy atom. The van der Waals surface area contributed by atoms with Crippen molar-refractivity contribution in [2.24, 2.45) is 5.92 Å². The fourth-order valence-corrected chi connectivity index (χ4v) is 3.35.